The Kier molecular flexibility index (Phi) is 4.19. The van der Waals surface area contributed by atoms with Crippen molar-refractivity contribution in [2.24, 2.45) is 0 Å². The lowest BCUT2D eigenvalue weighted by atomic mass is 10.1. The fourth-order valence-electron chi connectivity index (χ4n) is 2.13. The second kappa shape index (κ2) is 5.85. The van der Waals surface area contributed by atoms with Crippen LogP contribution in [0.1, 0.15) is 38.4 Å². The molecule has 0 amide bonds. The van der Waals surface area contributed by atoms with Gasteiger partial charge in [-0.1, -0.05) is 26.8 Å². The smallest absolute Gasteiger partial charge is 0.0726 e. The standard InChI is InChI=1S/C16H22N2/c1-4-9-17-16-11-13(6-3)18-15-8-7-12(5-2)10-14(15)16/h7-8,10-11H,4-6,9H2,1-3H3,(H,17,18). The SMILES string of the molecule is CCCNc1cc(CC)nc2ccc(CC)cc12. The van der Waals surface area contributed by atoms with E-state index in [0.29, 0.717) is 0 Å². The van der Waals surface area contributed by atoms with Crippen LogP contribution in [0.15, 0.2) is 24.3 Å². The summed E-state index contributed by atoms with van der Waals surface area (Å²) in [6.07, 6.45) is 3.18. The number of aromatic nitrogens is 1. The van der Waals surface area contributed by atoms with Gasteiger partial charge in [0.25, 0.3) is 0 Å². The van der Waals surface area contributed by atoms with Crippen LogP contribution in [-0.2, 0) is 12.8 Å². The first-order valence-electron chi connectivity index (χ1n) is 6.94. The zero-order valence-electron chi connectivity index (χ0n) is 11.6. The molecule has 2 heteroatoms. The minimum Gasteiger partial charge on any atom is -0.384 e. The zero-order chi connectivity index (χ0) is 13.0. The van der Waals surface area contributed by atoms with Crippen molar-refractivity contribution in [1.29, 1.82) is 0 Å². The highest BCUT2D eigenvalue weighted by molar-refractivity contribution is 5.92. The predicted octanol–water partition coefficient (Wildman–Crippen LogP) is 4.18. The molecule has 0 saturated heterocycles. The van der Waals surface area contributed by atoms with Crippen LogP contribution in [0.3, 0.4) is 0 Å². The lowest BCUT2D eigenvalue weighted by Crippen LogP contribution is -2.02. The lowest BCUT2D eigenvalue weighted by molar-refractivity contribution is 0.977. The fourth-order valence-corrected chi connectivity index (χ4v) is 2.13. The van der Waals surface area contributed by atoms with Gasteiger partial charge in [-0.25, -0.2) is 0 Å². The Bertz CT molecular complexity index is 532. The van der Waals surface area contributed by atoms with Crippen LogP contribution in [0, 0.1) is 0 Å². The second-order valence-electron chi connectivity index (χ2n) is 4.65. The Morgan fingerprint density at radius 1 is 1.06 bits per heavy atom. The van der Waals surface area contributed by atoms with E-state index in [0.717, 1.165) is 37.0 Å². The van der Waals surface area contributed by atoms with E-state index in [2.05, 4.69) is 50.4 Å². The van der Waals surface area contributed by atoms with Crippen molar-refractivity contribution in [3.63, 3.8) is 0 Å². The number of fused-ring (bicyclic) bond motifs is 1. The molecular formula is C16H22N2. The molecule has 2 aromatic rings. The Balaban J connectivity index is 2.54. The number of nitrogens with one attached hydrogen (secondary N) is 1. The Morgan fingerprint density at radius 3 is 2.56 bits per heavy atom. The Morgan fingerprint density at radius 2 is 1.89 bits per heavy atom. The number of hydrogen-bond acceptors (Lipinski definition) is 2. The number of pyridine rings is 1. The number of aryl methyl sites for hydroxylation is 2. The van der Waals surface area contributed by atoms with Crippen molar-refractivity contribution in [1.82, 2.24) is 4.98 Å². The van der Waals surface area contributed by atoms with E-state index < -0.39 is 0 Å². The quantitative estimate of drug-likeness (QED) is 0.850. The van der Waals surface area contributed by atoms with Gasteiger partial charge in [-0.15, -0.1) is 0 Å². The van der Waals surface area contributed by atoms with E-state index in [1.54, 1.807) is 0 Å². The minimum absolute atomic E-state index is 0.978. The molecule has 18 heavy (non-hydrogen) atoms. The van der Waals surface area contributed by atoms with Crippen molar-refractivity contribution in [3.05, 3.63) is 35.5 Å². The van der Waals surface area contributed by atoms with Crippen LogP contribution in [0.5, 0.6) is 0 Å². The molecule has 2 rings (SSSR count). The summed E-state index contributed by atoms with van der Waals surface area (Å²) >= 11 is 0. The molecule has 2 nitrogen and oxygen atoms in total. The minimum atomic E-state index is 0.978. The summed E-state index contributed by atoms with van der Waals surface area (Å²) in [4.78, 5) is 4.70. The molecule has 0 saturated carbocycles. The van der Waals surface area contributed by atoms with Crippen LogP contribution in [0.2, 0.25) is 0 Å². The number of anilines is 1. The highest BCUT2D eigenvalue weighted by Crippen LogP contribution is 2.25. The molecule has 0 unspecified atom stereocenters. The fraction of sp³-hybridized carbons (Fsp3) is 0.438. The maximum atomic E-state index is 4.70. The molecule has 0 atom stereocenters. The van der Waals surface area contributed by atoms with Gasteiger partial charge in [-0.3, -0.25) is 4.98 Å². The monoisotopic (exact) mass is 242 g/mol. The summed E-state index contributed by atoms with van der Waals surface area (Å²) < 4.78 is 0. The zero-order valence-corrected chi connectivity index (χ0v) is 11.6. The molecule has 1 N–H and O–H groups in total. The van der Waals surface area contributed by atoms with E-state index >= 15 is 0 Å². The van der Waals surface area contributed by atoms with E-state index in [1.807, 2.05) is 0 Å². The van der Waals surface area contributed by atoms with Gasteiger partial charge in [0.15, 0.2) is 0 Å². The summed E-state index contributed by atoms with van der Waals surface area (Å²) in [6.45, 7) is 7.54. The van der Waals surface area contributed by atoms with Crippen molar-refractivity contribution in [2.75, 3.05) is 11.9 Å². The topological polar surface area (TPSA) is 24.9 Å². The van der Waals surface area contributed by atoms with Crippen LogP contribution in [0.4, 0.5) is 5.69 Å². The van der Waals surface area contributed by atoms with Gasteiger partial charge < -0.3 is 5.32 Å². The maximum Gasteiger partial charge on any atom is 0.0726 e. The molecule has 0 radical (unpaired) electrons. The highest BCUT2D eigenvalue weighted by Gasteiger charge is 2.05. The van der Waals surface area contributed by atoms with Gasteiger partial charge in [-0.2, -0.15) is 0 Å². The molecule has 0 fully saturated rings. The van der Waals surface area contributed by atoms with E-state index in [1.165, 1.54) is 16.6 Å². The summed E-state index contributed by atoms with van der Waals surface area (Å²) in [6, 6.07) is 8.78. The average Bonchev–Trinajstić information content (AvgIpc) is 2.43. The summed E-state index contributed by atoms with van der Waals surface area (Å²) in [7, 11) is 0. The number of benzene rings is 1. The summed E-state index contributed by atoms with van der Waals surface area (Å²) in [5, 5.41) is 4.77. The van der Waals surface area contributed by atoms with Gasteiger partial charge in [-0.05, 0) is 43.0 Å². The molecule has 1 heterocycles. The first-order chi connectivity index (χ1) is 8.78. The van der Waals surface area contributed by atoms with Gasteiger partial charge in [0.05, 0.1) is 5.52 Å². The molecule has 0 aliphatic rings. The van der Waals surface area contributed by atoms with Crippen molar-refractivity contribution >= 4 is 16.6 Å². The molecule has 0 aliphatic heterocycles. The lowest BCUT2D eigenvalue weighted by Gasteiger charge is -2.11. The first-order valence-corrected chi connectivity index (χ1v) is 6.94. The molecule has 1 aromatic heterocycles. The van der Waals surface area contributed by atoms with E-state index in [9.17, 15) is 0 Å². The number of nitrogens with zero attached hydrogens (tertiary/aromatic N) is 1. The largest absolute Gasteiger partial charge is 0.384 e. The van der Waals surface area contributed by atoms with Crippen LogP contribution >= 0.6 is 0 Å². The molecule has 0 bridgehead atoms. The van der Waals surface area contributed by atoms with Crippen molar-refractivity contribution in [2.45, 2.75) is 40.0 Å². The average molecular weight is 242 g/mol. The third kappa shape index (κ3) is 2.63. The molecular weight excluding hydrogens is 220 g/mol. The number of rotatable bonds is 5. The van der Waals surface area contributed by atoms with Crippen LogP contribution < -0.4 is 5.32 Å². The normalized spacial score (nSPS) is 10.8. The third-order valence-electron chi connectivity index (χ3n) is 3.26. The molecule has 1 aromatic carbocycles. The Labute approximate surface area is 109 Å². The predicted molar refractivity (Wildman–Crippen MR) is 79.3 cm³/mol. The van der Waals surface area contributed by atoms with Crippen molar-refractivity contribution < 1.29 is 0 Å². The van der Waals surface area contributed by atoms with Gasteiger partial charge in [0.1, 0.15) is 0 Å². The van der Waals surface area contributed by atoms with Gasteiger partial charge in [0.2, 0.25) is 0 Å². The van der Waals surface area contributed by atoms with E-state index in [-0.39, 0.29) is 0 Å². The third-order valence-corrected chi connectivity index (χ3v) is 3.26. The maximum absolute atomic E-state index is 4.70. The summed E-state index contributed by atoms with van der Waals surface area (Å²) in [5.41, 5.74) is 4.86. The Hall–Kier alpha value is -1.57. The van der Waals surface area contributed by atoms with Crippen molar-refractivity contribution in [3.8, 4) is 0 Å². The molecule has 0 spiro atoms. The molecule has 0 aliphatic carbocycles. The highest BCUT2D eigenvalue weighted by atomic mass is 14.9. The van der Waals surface area contributed by atoms with E-state index in [4.69, 9.17) is 4.98 Å². The molecule has 96 valence electrons. The number of hydrogen-bond donors (Lipinski definition) is 1. The van der Waals surface area contributed by atoms with Crippen LogP contribution in [-0.4, -0.2) is 11.5 Å². The summed E-state index contributed by atoms with van der Waals surface area (Å²) in [5.74, 6) is 0. The first kappa shape index (κ1) is 12.9. The van der Waals surface area contributed by atoms with Gasteiger partial charge in [0, 0.05) is 23.3 Å². The van der Waals surface area contributed by atoms with Gasteiger partial charge >= 0.3 is 0 Å². The second-order valence-corrected chi connectivity index (χ2v) is 4.65. The van der Waals surface area contributed by atoms with Crippen LogP contribution in [0.25, 0.3) is 10.9 Å².